The van der Waals surface area contributed by atoms with E-state index in [2.05, 4.69) is 26.1 Å². The highest BCUT2D eigenvalue weighted by Gasteiger charge is 2.65. The van der Waals surface area contributed by atoms with E-state index >= 15 is 0 Å². The van der Waals surface area contributed by atoms with Gasteiger partial charge in [0.05, 0.1) is 18.9 Å². The zero-order chi connectivity index (χ0) is 13.0. The van der Waals surface area contributed by atoms with Gasteiger partial charge in [-0.15, -0.1) is 0 Å². The third kappa shape index (κ3) is 1.44. The Morgan fingerprint density at radius 1 is 1.44 bits per heavy atom. The summed E-state index contributed by atoms with van der Waals surface area (Å²) in [5.74, 6) is 1.50. The summed E-state index contributed by atoms with van der Waals surface area (Å²) in [6.45, 7) is 7.56. The molecule has 3 nitrogen and oxygen atoms in total. The average Bonchev–Trinajstić information content (AvgIpc) is 2.93. The van der Waals surface area contributed by atoms with Crippen molar-refractivity contribution in [3.05, 3.63) is 24.2 Å². The Morgan fingerprint density at radius 3 is 2.78 bits per heavy atom. The number of nitrogens with one attached hydrogen (secondary N) is 1. The molecule has 0 saturated heterocycles. The van der Waals surface area contributed by atoms with E-state index < -0.39 is 0 Å². The van der Waals surface area contributed by atoms with Crippen LogP contribution in [0.3, 0.4) is 0 Å². The van der Waals surface area contributed by atoms with Gasteiger partial charge < -0.3 is 14.8 Å². The largest absolute Gasteiger partial charge is 0.468 e. The number of furan rings is 1. The molecule has 3 rings (SSSR count). The molecule has 2 saturated carbocycles. The van der Waals surface area contributed by atoms with Gasteiger partial charge in [-0.25, -0.2) is 0 Å². The maximum absolute atomic E-state index is 10.6. The topological polar surface area (TPSA) is 45.4 Å². The molecular formula is C15H23NO2. The SMILES string of the molecule is CC1(C)[C@@H]2CC[C@@]1(C)[C@H](O)[C@@H]2NCc1ccco1. The number of hydrogen-bond donors (Lipinski definition) is 2. The number of hydrogen-bond acceptors (Lipinski definition) is 3. The van der Waals surface area contributed by atoms with E-state index in [1.165, 1.54) is 6.42 Å². The molecule has 0 unspecified atom stereocenters. The number of rotatable bonds is 3. The van der Waals surface area contributed by atoms with Crippen LogP contribution in [0.25, 0.3) is 0 Å². The van der Waals surface area contributed by atoms with Crippen molar-refractivity contribution in [1.29, 1.82) is 0 Å². The lowest BCUT2D eigenvalue weighted by atomic mass is 9.70. The molecule has 2 aliphatic rings. The molecule has 2 fully saturated rings. The van der Waals surface area contributed by atoms with Crippen LogP contribution in [0, 0.1) is 16.7 Å². The molecule has 1 heterocycles. The van der Waals surface area contributed by atoms with Crippen molar-refractivity contribution >= 4 is 0 Å². The highest BCUT2D eigenvalue weighted by atomic mass is 16.3. The van der Waals surface area contributed by atoms with Gasteiger partial charge in [0.15, 0.2) is 0 Å². The van der Waals surface area contributed by atoms with E-state index in [1.54, 1.807) is 6.26 Å². The summed E-state index contributed by atoms with van der Waals surface area (Å²) in [5.41, 5.74) is 0.270. The zero-order valence-electron chi connectivity index (χ0n) is 11.4. The van der Waals surface area contributed by atoms with Gasteiger partial charge in [0, 0.05) is 11.5 Å². The first-order valence-corrected chi connectivity index (χ1v) is 6.90. The van der Waals surface area contributed by atoms with Crippen molar-refractivity contribution in [2.24, 2.45) is 16.7 Å². The number of fused-ring (bicyclic) bond motifs is 2. The molecule has 18 heavy (non-hydrogen) atoms. The minimum absolute atomic E-state index is 0.0541. The third-order valence-electron chi connectivity index (χ3n) is 5.89. The summed E-state index contributed by atoms with van der Waals surface area (Å²) in [6.07, 6.45) is 3.81. The van der Waals surface area contributed by atoms with Crippen LogP contribution in [-0.2, 0) is 6.54 Å². The Kier molecular flexibility index (Phi) is 2.62. The predicted molar refractivity (Wildman–Crippen MR) is 70.0 cm³/mol. The molecule has 4 atom stereocenters. The van der Waals surface area contributed by atoms with Crippen molar-refractivity contribution in [1.82, 2.24) is 5.32 Å². The van der Waals surface area contributed by atoms with Gasteiger partial charge in [-0.05, 0) is 36.3 Å². The summed E-state index contributed by atoms with van der Waals surface area (Å²) in [5, 5.41) is 14.1. The molecule has 2 bridgehead atoms. The summed E-state index contributed by atoms with van der Waals surface area (Å²) < 4.78 is 5.34. The minimum atomic E-state index is -0.249. The van der Waals surface area contributed by atoms with Crippen molar-refractivity contribution in [3.63, 3.8) is 0 Å². The van der Waals surface area contributed by atoms with Crippen molar-refractivity contribution < 1.29 is 9.52 Å². The maximum atomic E-state index is 10.6. The number of aliphatic hydroxyl groups is 1. The molecule has 0 amide bonds. The number of aliphatic hydroxyl groups excluding tert-OH is 1. The molecular weight excluding hydrogens is 226 g/mol. The summed E-state index contributed by atoms with van der Waals surface area (Å²) in [7, 11) is 0. The first-order valence-electron chi connectivity index (χ1n) is 6.90. The summed E-state index contributed by atoms with van der Waals surface area (Å²) in [6, 6.07) is 4.07. The summed E-state index contributed by atoms with van der Waals surface area (Å²) >= 11 is 0. The van der Waals surface area contributed by atoms with E-state index in [1.807, 2.05) is 12.1 Å². The lowest BCUT2D eigenvalue weighted by molar-refractivity contribution is -0.000410. The fraction of sp³-hybridized carbons (Fsp3) is 0.733. The van der Waals surface area contributed by atoms with Crippen LogP contribution in [-0.4, -0.2) is 17.3 Å². The van der Waals surface area contributed by atoms with Gasteiger partial charge >= 0.3 is 0 Å². The Bertz CT molecular complexity index is 426. The average molecular weight is 249 g/mol. The predicted octanol–water partition coefficient (Wildman–Crippen LogP) is 2.55. The molecule has 100 valence electrons. The van der Waals surface area contributed by atoms with Gasteiger partial charge in [-0.1, -0.05) is 20.8 Å². The molecule has 0 aromatic carbocycles. The van der Waals surface area contributed by atoms with Crippen LogP contribution in [0.5, 0.6) is 0 Å². The van der Waals surface area contributed by atoms with E-state index in [-0.39, 0.29) is 23.0 Å². The van der Waals surface area contributed by atoms with Crippen molar-refractivity contribution in [3.8, 4) is 0 Å². The van der Waals surface area contributed by atoms with Crippen molar-refractivity contribution in [2.75, 3.05) is 0 Å². The Morgan fingerprint density at radius 2 is 2.22 bits per heavy atom. The highest BCUT2D eigenvalue weighted by Crippen LogP contribution is 2.65. The second kappa shape index (κ2) is 3.84. The van der Waals surface area contributed by atoms with Crippen LogP contribution in [0.2, 0.25) is 0 Å². The summed E-state index contributed by atoms with van der Waals surface area (Å²) in [4.78, 5) is 0. The van der Waals surface area contributed by atoms with Crippen LogP contribution < -0.4 is 5.32 Å². The smallest absolute Gasteiger partial charge is 0.117 e. The molecule has 2 aliphatic carbocycles. The molecule has 3 heteroatoms. The van der Waals surface area contributed by atoms with Gasteiger partial charge in [-0.2, -0.15) is 0 Å². The minimum Gasteiger partial charge on any atom is -0.468 e. The highest BCUT2D eigenvalue weighted by molar-refractivity contribution is 5.17. The van der Waals surface area contributed by atoms with Gasteiger partial charge in [0.1, 0.15) is 5.76 Å². The second-order valence-electron chi connectivity index (χ2n) is 6.72. The van der Waals surface area contributed by atoms with E-state index in [4.69, 9.17) is 4.42 Å². The van der Waals surface area contributed by atoms with E-state index in [0.717, 1.165) is 12.2 Å². The zero-order valence-corrected chi connectivity index (χ0v) is 11.4. The standard InChI is InChI=1S/C15H23NO2/c1-14(2)11-6-7-15(14,3)13(17)12(11)16-9-10-5-4-8-18-10/h4-5,8,11-13,16-17H,6-7,9H2,1-3H3/t11-,12-,13-,15+/m1/s1. The van der Waals surface area contributed by atoms with Crippen LogP contribution in [0.1, 0.15) is 39.4 Å². The molecule has 2 N–H and O–H groups in total. The van der Waals surface area contributed by atoms with E-state index in [0.29, 0.717) is 12.5 Å². The first kappa shape index (κ1) is 12.2. The quantitative estimate of drug-likeness (QED) is 0.865. The second-order valence-corrected chi connectivity index (χ2v) is 6.72. The van der Waals surface area contributed by atoms with Crippen LogP contribution >= 0.6 is 0 Å². The Balaban J connectivity index is 1.75. The Hall–Kier alpha value is -0.800. The molecule has 0 spiro atoms. The molecule has 1 aromatic rings. The lowest BCUT2D eigenvalue weighted by Crippen LogP contribution is -2.46. The third-order valence-corrected chi connectivity index (χ3v) is 5.89. The molecule has 0 aliphatic heterocycles. The fourth-order valence-electron chi connectivity index (χ4n) is 4.22. The first-order chi connectivity index (χ1) is 8.47. The van der Waals surface area contributed by atoms with Crippen LogP contribution in [0.4, 0.5) is 0 Å². The van der Waals surface area contributed by atoms with Crippen molar-refractivity contribution in [2.45, 2.75) is 52.3 Å². The van der Waals surface area contributed by atoms with Gasteiger partial charge in [0.2, 0.25) is 0 Å². The van der Waals surface area contributed by atoms with Crippen LogP contribution in [0.15, 0.2) is 22.8 Å². The monoisotopic (exact) mass is 249 g/mol. The van der Waals surface area contributed by atoms with E-state index in [9.17, 15) is 5.11 Å². The maximum Gasteiger partial charge on any atom is 0.117 e. The van der Waals surface area contributed by atoms with Gasteiger partial charge in [0.25, 0.3) is 0 Å². The molecule has 0 radical (unpaired) electrons. The Labute approximate surface area is 109 Å². The lowest BCUT2D eigenvalue weighted by Gasteiger charge is -2.37. The normalized spacial score (nSPS) is 41.4. The van der Waals surface area contributed by atoms with Gasteiger partial charge in [-0.3, -0.25) is 0 Å². The fourth-order valence-corrected chi connectivity index (χ4v) is 4.22. The molecule has 1 aromatic heterocycles.